The minimum atomic E-state index is -0.567. The van der Waals surface area contributed by atoms with Gasteiger partial charge in [0.1, 0.15) is 5.78 Å². The normalized spacial score (nSPS) is 35.4. The molecule has 0 aromatic heterocycles. The predicted octanol–water partition coefficient (Wildman–Crippen LogP) is 7.45. The third-order valence-corrected chi connectivity index (χ3v) is 9.15. The first-order valence-corrected chi connectivity index (χ1v) is 12.9. The molecule has 0 aromatic carbocycles. The lowest BCUT2D eigenvalue weighted by Crippen LogP contribution is -2.61. The number of fused-ring (bicyclic) bond motifs is 2. The second kappa shape index (κ2) is 8.10. The first kappa shape index (κ1) is 24.2. The lowest BCUT2D eigenvalue weighted by Gasteiger charge is -2.62. The van der Waals surface area contributed by atoms with Crippen LogP contribution < -0.4 is 0 Å². The van der Waals surface area contributed by atoms with E-state index in [0.29, 0.717) is 17.8 Å². The third-order valence-electron chi connectivity index (χ3n) is 9.15. The Morgan fingerprint density at radius 3 is 2.52 bits per heavy atom. The molecule has 4 atom stereocenters. The molecule has 1 spiro atoms. The molecule has 4 aliphatic carbocycles. The number of rotatable bonds is 4. The molecule has 0 unspecified atom stereocenters. The van der Waals surface area contributed by atoms with Crippen LogP contribution in [-0.2, 0) is 9.59 Å². The monoisotopic (exact) mass is 450 g/mol. The molecule has 0 aliphatic heterocycles. The van der Waals surface area contributed by atoms with Crippen LogP contribution in [-0.4, -0.2) is 16.7 Å². The van der Waals surface area contributed by atoms with E-state index < -0.39 is 10.8 Å². The Morgan fingerprint density at radius 2 is 1.88 bits per heavy atom. The van der Waals surface area contributed by atoms with E-state index in [0.717, 1.165) is 44.1 Å². The topological polar surface area (TPSA) is 54.4 Å². The van der Waals surface area contributed by atoms with Crippen molar-refractivity contribution in [1.29, 1.82) is 0 Å². The van der Waals surface area contributed by atoms with Gasteiger partial charge in [-0.3, -0.25) is 9.59 Å². The summed E-state index contributed by atoms with van der Waals surface area (Å²) in [6.07, 6.45) is 13.0. The number of aliphatic hydroxyl groups excluding tert-OH is 1. The molecule has 1 N–H and O–H groups in total. The fraction of sp³-hybridized carbons (Fsp3) is 0.667. The quantitative estimate of drug-likeness (QED) is 0.453. The van der Waals surface area contributed by atoms with Gasteiger partial charge in [0.15, 0.2) is 5.76 Å². The zero-order valence-electron chi connectivity index (χ0n) is 21.7. The summed E-state index contributed by atoms with van der Waals surface area (Å²) >= 11 is 0. The molecular formula is C30H42O3. The van der Waals surface area contributed by atoms with Gasteiger partial charge in [0.25, 0.3) is 0 Å². The molecule has 33 heavy (non-hydrogen) atoms. The van der Waals surface area contributed by atoms with Gasteiger partial charge in [-0.2, -0.15) is 0 Å². The number of Topliss-reactive ketones (excluding diaryl/α,β-unsaturated/α-hetero) is 2. The highest BCUT2D eigenvalue weighted by atomic mass is 16.3. The molecule has 2 saturated carbocycles. The van der Waals surface area contributed by atoms with Crippen LogP contribution in [0, 0.1) is 34.0 Å². The Balaban J connectivity index is 1.91. The van der Waals surface area contributed by atoms with Crippen LogP contribution >= 0.6 is 0 Å². The van der Waals surface area contributed by atoms with Gasteiger partial charge in [-0.1, -0.05) is 70.4 Å². The van der Waals surface area contributed by atoms with Crippen LogP contribution in [0.4, 0.5) is 0 Å². The largest absolute Gasteiger partial charge is 0.504 e. The molecule has 0 saturated heterocycles. The van der Waals surface area contributed by atoms with Crippen molar-refractivity contribution in [3.05, 3.63) is 46.3 Å². The molecule has 0 radical (unpaired) electrons. The summed E-state index contributed by atoms with van der Waals surface area (Å²) in [6.45, 7) is 14.9. The lowest BCUT2D eigenvalue weighted by molar-refractivity contribution is -0.150. The Hall–Kier alpha value is -1.90. The first-order valence-electron chi connectivity index (χ1n) is 12.9. The number of carbonyl (C=O) groups excluding carboxylic acids is 2. The second-order valence-corrected chi connectivity index (χ2v) is 12.6. The SMILES string of the molecule is CC(C)=CCCC1=CC[C@@H]2C(=O)[C@H]3C(C)(C)CCC[C@]3(C)C3=C(O)C(=O)C(C(C)C)=C[C@]32C1. The molecule has 0 bridgehead atoms. The van der Waals surface area contributed by atoms with E-state index in [1.54, 1.807) is 0 Å². The molecule has 0 heterocycles. The third kappa shape index (κ3) is 3.61. The van der Waals surface area contributed by atoms with E-state index in [4.69, 9.17) is 0 Å². The van der Waals surface area contributed by atoms with Crippen LogP contribution in [0.25, 0.3) is 0 Å². The molecule has 2 fully saturated rings. The summed E-state index contributed by atoms with van der Waals surface area (Å²) < 4.78 is 0. The van der Waals surface area contributed by atoms with Crippen LogP contribution in [0.5, 0.6) is 0 Å². The minimum Gasteiger partial charge on any atom is -0.504 e. The molecule has 0 aromatic rings. The highest BCUT2D eigenvalue weighted by molar-refractivity contribution is 6.10. The van der Waals surface area contributed by atoms with Gasteiger partial charge < -0.3 is 5.11 Å². The van der Waals surface area contributed by atoms with Crippen molar-refractivity contribution >= 4 is 11.6 Å². The number of aliphatic hydroxyl groups is 1. The van der Waals surface area contributed by atoms with Crippen molar-refractivity contribution in [1.82, 2.24) is 0 Å². The van der Waals surface area contributed by atoms with Crippen LogP contribution in [0.15, 0.2) is 46.3 Å². The average Bonchev–Trinajstić information content (AvgIpc) is 2.69. The van der Waals surface area contributed by atoms with Crippen LogP contribution in [0.3, 0.4) is 0 Å². The van der Waals surface area contributed by atoms with Crippen LogP contribution in [0.1, 0.15) is 93.4 Å². The maximum Gasteiger partial charge on any atom is 0.223 e. The van der Waals surface area contributed by atoms with Crippen LogP contribution in [0.2, 0.25) is 0 Å². The van der Waals surface area contributed by atoms with Gasteiger partial charge in [0.2, 0.25) is 5.78 Å². The summed E-state index contributed by atoms with van der Waals surface area (Å²) in [5, 5.41) is 11.6. The second-order valence-electron chi connectivity index (χ2n) is 12.6. The van der Waals surface area contributed by atoms with Crippen molar-refractivity contribution in [3.8, 4) is 0 Å². The molecule has 4 aliphatic rings. The zero-order chi connectivity index (χ0) is 24.3. The van der Waals surface area contributed by atoms with E-state index in [9.17, 15) is 14.7 Å². The number of carbonyl (C=O) groups is 2. The van der Waals surface area contributed by atoms with Gasteiger partial charge >= 0.3 is 0 Å². The Bertz CT molecular complexity index is 998. The van der Waals surface area contributed by atoms with E-state index in [2.05, 4.69) is 52.8 Å². The van der Waals surface area contributed by atoms with E-state index in [1.165, 1.54) is 11.1 Å². The number of allylic oxidation sites excluding steroid dienone is 7. The number of ketones is 2. The van der Waals surface area contributed by atoms with Crippen molar-refractivity contribution in [2.24, 2.45) is 34.0 Å². The molecule has 180 valence electrons. The van der Waals surface area contributed by atoms with Gasteiger partial charge in [0, 0.05) is 28.2 Å². The molecule has 3 heteroatoms. The highest BCUT2D eigenvalue weighted by Crippen LogP contribution is 2.69. The summed E-state index contributed by atoms with van der Waals surface area (Å²) in [6, 6.07) is 0. The van der Waals surface area contributed by atoms with Crippen molar-refractivity contribution < 1.29 is 14.7 Å². The Kier molecular flexibility index (Phi) is 5.95. The fourth-order valence-electron chi connectivity index (χ4n) is 7.94. The summed E-state index contributed by atoms with van der Waals surface area (Å²) in [4.78, 5) is 27.7. The summed E-state index contributed by atoms with van der Waals surface area (Å²) in [7, 11) is 0. The maximum atomic E-state index is 14.3. The van der Waals surface area contributed by atoms with E-state index in [-0.39, 0.29) is 34.7 Å². The standard InChI is InChI=1S/C30H42O3/c1-18(2)10-8-11-20-12-13-22-24(32)26-28(5,6)14-9-15-29(26,7)27-25(33)23(31)21(19(3)4)17-30(22,27)16-20/h10,12,17,19,22,26,33H,8-9,11,13-16H2,1-7H3/t22-,26+,29+,30+/m1/s1. The van der Waals surface area contributed by atoms with Crippen molar-refractivity contribution in [3.63, 3.8) is 0 Å². The number of hydrogen-bond acceptors (Lipinski definition) is 3. The molecule has 3 nitrogen and oxygen atoms in total. The van der Waals surface area contributed by atoms with Gasteiger partial charge in [-0.05, 0) is 69.3 Å². The predicted molar refractivity (Wildman–Crippen MR) is 134 cm³/mol. The molecule has 4 rings (SSSR count). The van der Waals surface area contributed by atoms with Crippen molar-refractivity contribution in [2.45, 2.75) is 93.4 Å². The van der Waals surface area contributed by atoms with Gasteiger partial charge in [-0.25, -0.2) is 0 Å². The minimum absolute atomic E-state index is 0.0136. The smallest absolute Gasteiger partial charge is 0.223 e. The Labute approximate surface area is 200 Å². The first-order chi connectivity index (χ1) is 15.3. The molecule has 0 amide bonds. The van der Waals surface area contributed by atoms with Crippen molar-refractivity contribution in [2.75, 3.05) is 0 Å². The fourth-order valence-corrected chi connectivity index (χ4v) is 7.94. The number of hydrogen-bond donors (Lipinski definition) is 1. The highest BCUT2D eigenvalue weighted by Gasteiger charge is 2.66. The van der Waals surface area contributed by atoms with E-state index in [1.807, 2.05) is 13.8 Å². The zero-order valence-corrected chi connectivity index (χ0v) is 21.7. The Morgan fingerprint density at radius 1 is 1.18 bits per heavy atom. The molecular weight excluding hydrogens is 408 g/mol. The lowest BCUT2D eigenvalue weighted by atomic mass is 9.39. The maximum absolute atomic E-state index is 14.3. The summed E-state index contributed by atoms with van der Waals surface area (Å²) in [5.41, 5.74) is 3.06. The summed E-state index contributed by atoms with van der Waals surface area (Å²) in [5.74, 6) is -0.250. The van der Waals surface area contributed by atoms with Gasteiger partial charge in [-0.15, -0.1) is 0 Å². The van der Waals surface area contributed by atoms with Gasteiger partial charge in [0.05, 0.1) is 0 Å². The van der Waals surface area contributed by atoms with E-state index >= 15 is 0 Å². The average molecular weight is 451 g/mol.